The fourth-order valence-corrected chi connectivity index (χ4v) is 4.12. The fraction of sp³-hybridized carbons (Fsp3) is 0.167. The molecule has 0 unspecified atom stereocenters. The van der Waals surface area contributed by atoms with Crippen molar-refractivity contribution in [1.82, 2.24) is 9.88 Å². The van der Waals surface area contributed by atoms with E-state index < -0.39 is 5.91 Å². The van der Waals surface area contributed by atoms with Gasteiger partial charge in [0.1, 0.15) is 5.82 Å². The van der Waals surface area contributed by atoms with Gasteiger partial charge in [0, 0.05) is 34.9 Å². The van der Waals surface area contributed by atoms with Crippen LogP contribution in [0.3, 0.4) is 0 Å². The molecule has 0 atom stereocenters. The normalized spacial score (nSPS) is 14.3. The van der Waals surface area contributed by atoms with Crippen molar-refractivity contribution in [3.05, 3.63) is 71.5 Å². The van der Waals surface area contributed by atoms with Crippen molar-refractivity contribution in [2.24, 2.45) is 5.73 Å². The number of aromatic nitrogens is 1. The summed E-state index contributed by atoms with van der Waals surface area (Å²) in [6, 6.07) is 15.2. The molecule has 5 rings (SSSR count). The quantitative estimate of drug-likeness (QED) is 0.533. The van der Waals surface area contributed by atoms with Crippen LogP contribution in [0.25, 0.3) is 32.9 Å². The van der Waals surface area contributed by atoms with Crippen LogP contribution in [0.5, 0.6) is 0 Å². The number of nitrogens with one attached hydrogen (secondary N) is 1. The molecule has 0 bridgehead atoms. The van der Waals surface area contributed by atoms with E-state index in [1.807, 2.05) is 12.1 Å². The van der Waals surface area contributed by atoms with Gasteiger partial charge in [0.25, 0.3) is 11.8 Å². The van der Waals surface area contributed by atoms with Gasteiger partial charge in [-0.2, -0.15) is 0 Å². The monoisotopic (exact) mass is 417 g/mol. The van der Waals surface area contributed by atoms with E-state index in [-0.39, 0.29) is 11.7 Å². The molecule has 1 aliphatic heterocycles. The SMILES string of the molecule is NC(=O)c1cc(-c2cccc(F)c2)cc2c1[nH]c1cc(C(=O)N3CCOCC3)ccc12. The third kappa shape index (κ3) is 3.43. The lowest BCUT2D eigenvalue weighted by molar-refractivity contribution is 0.0303. The molecule has 3 aromatic carbocycles. The minimum atomic E-state index is -0.584. The van der Waals surface area contributed by atoms with Crippen LogP contribution < -0.4 is 5.73 Å². The number of benzene rings is 3. The van der Waals surface area contributed by atoms with Crippen molar-refractivity contribution in [1.29, 1.82) is 0 Å². The molecule has 4 aromatic rings. The molecule has 2 amide bonds. The van der Waals surface area contributed by atoms with E-state index in [2.05, 4.69) is 4.98 Å². The highest BCUT2D eigenvalue weighted by atomic mass is 19.1. The Morgan fingerprint density at radius 3 is 2.52 bits per heavy atom. The summed E-state index contributed by atoms with van der Waals surface area (Å²) in [4.78, 5) is 30.0. The average Bonchev–Trinajstić information content (AvgIpc) is 3.16. The van der Waals surface area contributed by atoms with Crippen LogP contribution in [-0.4, -0.2) is 48.0 Å². The van der Waals surface area contributed by atoms with Gasteiger partial charge in [-0.3, -0.25) is 9.59 Å². The Hall–Kier alpha value is -3.71. The second-order valence-electron chi connectivity index (χ2n) is 7.61. The van der Waals surface area contributed by atoms with Gasteiger partial charge >= 0.3 is 0 Å². The number of hydrogen-bond acceptors (Lipinski definition) is 3. The summed E-state index contributed by atoms with van der Waals surface area (Å²) >= 11 is 0. The first-order valence-corrected chi connectivity index (χ1v) is 10.0. The standard InChI is InChI=1S/C24H20FN3O3/c25-17-3-1-2-14(10-17)16-11-19-18-5-4-15(24(30)28-6-8-31-9-7-28)13-21(18)27-22(19)20(12-16)23(26)29/h1-5,10-13,27H,6-9H2,(H2,26,29). The lowest BCUT2D eigenvalue weighted by atomic mass is 9.98. The number of amides is 2. The highest BCUT2D eigenvalue weighted by molar-refractivity contribution is 6.17. The first kappa shape index (κ1) is 19.3. The van der Waals surface area contributed by atoms with Crippen molar-refractivity contribution < 1.29 is 18.7 Å². The maximum absolute atomic E-state index is 13.8. The van der Waals surface area contributed by atoms with Crippen LogP contribution in [0.15, 0.2) is 54.6 Å². The highest BCUT2D eigenvalue weighted by Crippen LogP contribution is 2.33. The van der Waals surface area contributed by atoms with E-state index in [0.717, 1.165) is 16.3 Å². The summed E-state index contributed by atoms with van der Waals surface area (Å²) in [5, 5.41) is 1.64. The van der Waals surface area contributed by atoms with Crippen LogP contribution in [0.4, 0.5) is 4.39 Å². The van der Waals surface area contributed by atoms with Gasteiger partial charge in [0.05, 0.1) is 24.3 Å². The van der Waals surface area contributed by atoms with Gasteiger partial charge < -0.3 is 20.4 Å². The van der Waals surface area contributed by atoms with E-state index in [0.29, 0.717) is 54.1 Å². The largest absolute Gasteiger partial charge is 0.378 e. The third-order valence-corrected chi connectivity index (χ3v) is 5.68. The molecule has 0 saturated carbocycles. The van der Waals surface area contributed by atoms with Gasteiger partial charge in [-0.05, 0) is 47.5 Å². The Kier molecular flexibility index (Phi) is 4.67. The second kappa shape index (κ2) is 7.52. The number of rotatable bonds is 3. The number of fused-ring (bicyclic) bond motifs is 3. The fourth-order valence-electron chi connectivity index (χ4n) is 4.12. The van der Waals surface area contributed by atoms with E-state index in [1.165, 1.54) is 12.1 Å². The summed E-state index contributed by atoms with van der Waals surface area (Å²) < 4.78 is 19.1. The number of carbonyl (C=O) groups excluding carboxylic acids is 2. The van der Waals surface area contributed by atoms with Gasteiger partial charge in [-0.15, -0.1) is 0 Å². The number of nitrogens with zero attached hydrogens (tertiary/aromatic N) is 1. The molecule has 31 heavy (non-hydrogen) atoms. The van der Waals surface area contributed by atoms with Crippen molar-refractivity contribution in [2.45, 2.75) is 0 Å². The average molecular weight is 417 g/mol. The Bertz CT molecular complexity index is 1340. The maximum atomic E-state index is 13.8. The van der Waals surface area contributed by atoms with E-state index in [9.17, 15) is 14.0 Å². The number of ether oxygens (including phenoxy) is 1. The molecular formula is C24H20FN3O3. The van der Waals surface area contributed by atoms with Gasteiger partial charge in [0.2, 0.25) is 0 Å². The molecule has 0 radical (unpaired) electrons. The summed E-state index contributed by atoms with van der Waals surface area (Å²) in [6.07, 6.45) is 0. The number of primary amides is 1. The second-order valence-corrected chi connectivity index (χ2v) is 7.61. The summed E-state index contributed by atoms with van der Waals surface area (Å²) in [7, 11) is 0. The molecule has 3 N–H and O–H groups in total. The maximum Gasteiger partial charge on any atom is 0.254 e. The lowest BCUT2D eigenvalue weighted by Crippen LogP contribution is -2.40. The molecule has 1 fully saturated rings. The third-order valence-electron chi connectivity index (χ3n) is 5.68. The van der Waals surface area contributed by atoms with Crippen molar-refractivity contribution in [3.63, 3.8) is 0 Å². The number of carbonyl (C=O) groups is 2. The molecule has 0 aliphatic carbocycles. The molecule has 156 valence electrons. The molecule has 6 nitrogen and oxygen atoms in total. The predicted octanol–water partition coefficient (Wildman–Crippen LogP) is 3.70. The molecule has 1 aliphatic rings. The molecule has 0 spiro atoms. The first-order chi connectivity index (χ1) is 15.0. The Morgan fingerprint density at radius 2 is 1.77 bits per heavy atom. The van der Waals surface area contributed by atoms with E-state index in [4.69, 9.17) is 10.5 Å². The summed E-state index contributed by atoms with van der Waals surface area (Å²) in [5.41, 5.74) is 9.19. The molecular weight excluding hydrogens is 397 g/mol. The number of H-pyrrole nitrogens is 1. The predicted molar refractivity (Wildman–Crippen MR) is 116 cm³/mol. The van der Waals surface area contributed by atoms with E-state index in [1.54, 1.807) is 35.2 Å². The topological polar surface area (TPSA) is 88.4 Å². The van der Waals surface area contributed by atoms with Crippen LogP contribution in [0, 0.1) is 5.82 Å². The minimum absolute atomic E-state index is 0.0561. The Morgan fingerprint density at radius 1 is 0.968 bits per heavy atom. The van der Waals surface area contributed by atoms with Crippen LogP contribution in [-0.2, 0) is 4.74 Å². The van der Waals surface area contributed by atoms with Gasteiger partial charge in [-0.25, -0.2) is 4.39 Å². The summed E-state index contributed by atoms with van der Waals surface area (Å²) in [5.74, 6) is -0.998. The minimum Gasteiger partial charge on any atom is -0.378 e. The molecule has 1 saturated heterocycles. The Balaban J connectivity index is 1.66. The number of aromatic amines is 1. The van der Waals surface area contributed by atoms with Crippen molar-refractivity contribution >= 4 is 33.6 Å². The van der Waals surface area contributed by atoms with Crippen LogP contribution >= 0.6 is 0 Å². The number of nitrogens with two attached hydrogens (primary N) is 1. The number of morpholine rings is 1. The van der Waals surface area contributed by atoms with Gasteiger partial charge in [-0.1, -0.05) is 18.2 Å². The van der Waals surface area contributed by atoms with Gasteiger partial charge in [0.15, 0.2) is 0 Å². The van der Waals surface area contributed by atoms with Crippen molar-refractivity contribution in [3.8, 4) is 11.1 Å². The molecule has 1 aromatic heterocycles. The molecule has 2 heterocycles. The van der Waals surface area contributed by atoms with Crippen LogP contribution in [0.2, 0.25) is 0 Å². The van der Waals surface area contributed by atoms with E-state index >= 15 is 0 Å². The Labute approximate surface area is 177 Å². The zero-order valence-corrected chi connectivity index (χ0v) is 16.7. The lowest BCUT2D eigenvalue weighted by Gasteiger charge is -2.26. The zero-order valence-electron chi connectivity index (χ0n) is 16.7. The van der Waals surface area contributed by atoms with Crippen molar-refractivity contribution in [2.75, 3.05) is 26.3 Å². The summed E-state index contributed by atoms with van der Waals surface area (Å²) in [6.45, 7) is 2.19. The zero-order chi connectivity index (χ0) is 21.5. The number of hydrogen-bond donors (Lipinski definition) is 2. The first-order valence-electron chi connectivity index (χ1n) is 10.0. The highest BCUT2D eigenvalue weighted by Gasteiger charge is 2.20. The number of halogens is 1. The van der Waals surface area contributed by atoms with Crippen LogP contribution in [0.1, 0.15) is 20.7 Å². The smallest absolute Gasteiger partial charge is 0.254 e. The molecule has 7 heteroatoms.